The number of likely N-dealkylation sites (N-methyl/N-ethyl adjacent to an activating group) is 1. The molecule has 0 radical (unpaired) electrons. The molecule has 0 aliphatic carbocycles. The molecular formula is C8H15NO2. The van der Waals surface area contributed by atoms with Crippen LogP contribution in [0.15, 0.2) is 0 Å². The molecule has 0 aromatic heterocycles. The standard InChI is InChI=1S/C8H15NO2/c1-3-8(10)11-7-4-5-9(2)6-7/h7H,3-6H2,1-2H3/t7-/m1/s1. The minimum Gasteiger partial charge on any atom is -0.461 e. The van der Waals surface area contributed by atoms with Crippen molar-refractivity contribution in [3.63, 3.8) is 0 Å². The van der Waals surface area contributed by atoms with Crippen LogP contribution in [0.3, 0.4) is 0 Å². The summed E-state index contributed by atoms with van der Waals surface area (Å²) in [5, 5.41) is 0. The van der Waals surface area contributed by atoms with Gasteiger partial charge in [-0.25, -0.2) is 0 Å². The molecule has 3 nitrogen and oxygen atoms in total. The molecule has 0 unspecified atom stereocenters. The van der Waals surface area contributed by atoms with Crippen molar-refractivity contribution in [3.8, 4) is 0 Å². The van der Waals surface area contributed by atoms with Gasteiger partial charge in [0.15, 0.2) is 0 Å². The zero-order valence-electron chi connectivity index (χ0n) is 7.17. The maximum atomic E-state index is 10.8. The zero-order valence-corrected chi connectivity index (χ0v) is 7.17. The second-order valence-electron chi connectivity index (χ2n) is 3.02. The second kappa shape index (κ2) is 3.72. The van der Waals surface area contributed by atoms with Gasteiger partial charge >= 0.3 is 5.97 Å². The normalized spacial score (nSPS) is 25.5. The van der Waals surface area contributed by atoms with E-state index >= 15 is 0 Å². The fraction of sp³-hybridized carbons (Fsp3) is 0.875. The van der Waals surface area contributed by atoms with E-state index < -0.39 is 0 Å². The second-order valence-corrected chi connectivity index (χ2v) is 3.02. The number of carbonyl (C=O) groups is 1. The number of ether oxygens (including phenoxy) is 1. The van der Waals surface area contributed by atoms with Gasteiger partial charge in [0.05, 0.1) is 0 Å². The molecule has 1 aliphatic heterocycles. The topological polar surface area (TPSA) is 29.5 Å². The van der Waals surface area contributed by atoms with E-state index in [2.05, 4.69) is 4.90 Å². The summed E-state index contributed by atoms with van der Waals surface area (Å²) >= 11 is 0. The van der Waals surface area contributed by atoms with Crippen molar-refractivity contribution >= 4 is 5.97 Å². The third-order valence-electron chi connectivity index (χ3n) is 1.93. The minimum atomic E-state index is -0.0784. The number of likely N-dealkylation sites (tertiary alicyclic amines) is 1. The van der Waals surface area contributed by atoms with Gasteiger partial charge in [-0.3, -0.25) is 4.79 Å². The lowest BCUT2D eigenvalue weighted by Crippen LogP contribution is -2.21. The summed E-state index contributed by atoms with van der Waals surface area (Å²) < 4.78 is 5.15. The summed E-state index contributed by atoms with van der Waals surface area (Å²) in [6, 6.07) is 0. The third kappa shape index (κ3) is 2.50. The molecule has 3 heteroatoms. The summed E-state index contributed by atoms with van der Waals surface area (Å²) in [6.45, 7) is 3.76. The van der Waals surface area contributed by atoms with Crippen LogP contribution in [0.5, 0.6) is 0 Å². The molecule has 11 heavy (non-hydrogen) atoms. The van der Waals surface area contributed by atoms with Crippen molar-refractivity contribution in [2.24, 2.45) is 0 Å². The van der Waals surface area contributed by atoms with Crippen LogP contribution in [0.25, 0.3) is 0 Å². The number of hydrogen-bond acceptors (Lipinski definition) is 3. The maximum Gasteiger partial charge on any atom is 0.305 e. The smallest absolute Gasteiger partial charge is 0.305 e. The molecule has 1 fully saturated rings. The fourth-order valence-electron chi connectivity index (χ4n) is 1.26. The van der Waals surface area contributed by atoms with Crippen LogP contribution >= 0.6 is 0 Å². The van der Waals surface area contributed by atoms with Gasteiger partial charge in [-0.15, -0.1) is 0 Å². The van der Waals surface area contributed by atoms with Crippen molar-refractivity contribution in [3.05, 3.63) is 0 Å². The molecule has 64 valence electrons. The first kappa shape index (κ1) is 8.53. The SMILES string of the molecule is CCC(=O)O[C@@H]1CCN(C)C1. The van der Waals surface area contributed by atoms with Crippen molar-refractivity contribution in [1.82, 2.24) is 4.90 Å². The van der Waals surface area contributed by atoms with Crippen molar-refractivity contribution < 1.29 is 9.53 Å². The van der Waals surface area contributed by atoms with Crippen molar-refractivity contribution in [2.45, 2.75) is 25.9 Å². The van der Waals surface area contributed by atoms with Crippen LogP contribution in [-0.2, 0) is 9.53 Å². The van der Waals surface area contributed by atoms with E-state index in [0.29, 0.717) is 6.42 Å². The molecule has 1 saturated heterocycles. The Morgan fingerprint density at radius 2 is 2.45 bits per heavy atom. The average Bonchev–Trinajstić information content (AvgIpc) is 2.35. The highest BCUT2D eigenvalue weighted by Crippen LogP contribution is 2.10. The molecule has 0 aromatic rings. The third-order valence-corrected chi connectivity index (χ3v) is 1.93. The number of carbonyl (C=O) groups excluding carboxylic acids is 1. The fourth-order valence-corrected chi connectivity index (χ4v) is 1.26. The Balaban J connectivity index is 2.23. The highest BCUT2D eigenvalue weighted by Gasteiger charge is 2.21. The lowest BCUT2D eigenvalue weighted by atomic mass is 10.3. The Labute approximate surface area is 67.3 Å². The van der Waals surface area contributed by atoms with Gasteiger partial charge < -0.3 is 9.64 Å². The van der Waals surface area contributed by atoms with Crippen LogP contribution < -0.4 is 0 Å². The Morgan fingerprint density at radius 1 is 1.73 bits per heavy atom. The summed E-state index contributed by atoms with van der Waals surface area (Å²) in [5.41, 5.74) is 0. The Hall–Kier alpha value is -0.570. The summed E-state index contributed by atoms with van der Waals surface area (Å²) in [5.74, 6) is -0.0784. The monoisotopic (exact) mass is 157 g/mol. The van der Waals surface area contributed by atoms with E-state index in [4.69, 9.17) is 4.74 Å². The van der Waals surface area contributed by atoms with Gasteiger partial charge in [-0.2, -0.15) is 0 Å². The van der Waals surface area contributed by atoms with E-state index in [9.17, 15) is 4.79 Å². The van der Waals surface area contributed by atoms with Crippen LogP contribution in [-0.4, -0.2) is 37.1 Å². The molecule has 1 heterocycles. The van der Waals surface area contributed by atoms with Crippen LogP contribution in [0, 0.1) is 0 Å². The maximum absolute atomic E-state index is 10.8. The molecule has 0 N–H and O–H groups in total. The van der Waals surface area contributed by atoms with E-state index in [1.165, 1.54) is 0 Å². The Morgan fingerprint density at radius 3 is 2.91 bits per heavy atom. The van der Waals surface area contributed by atoms with Crippen LogP contribution in [0.4, 0.5) is 0 Å². The molecule has 0 bridgehead atoms. The summed E-state index contributed by atoms with van der Waals surface area (Å²) in [7, 11) is 2.04. The molecule has 0 saturated carbocycles. The lowest BCUT2D eigenvalue weighted by Gasteiger charge is -2.10. The molecule has 0 amide bonds. The van der Waals surface area contributed by atoms with E-state index in [1.807, 2.05) is 14.0 Å². The van der Waals surface area contributed by atoms with Gasteiger partial charge in [0, 0.05) is 19.5 Å². The zero-order chi connectivity index (χ0) is 8.27. The first-order valence-electron chi connectivity index (χ1n) is 4.10. The van der Waals surface area contributed by atoms with Crippen LogP contribution in [0.1, 0.15) is 19.8 Å². The Bertz CT molecular complexity index is 147. The number of nitrogens with zero attached hydrogens (tertiary/aromatic N) is 1. The van der Waals surface area contributed by atoms with Gasteiger partial charge in [0.1, 0.15) is 6.10 Å². The highest BCUT2D eigenvalue weighted by molar-refractivity contribution is 5.69. The first-order chi connectivity index (χ1) is 5.22. The summed E-state index contributed by atoms with van der Waals surface area (Å²) in [6.07, 6.45) is 1.62. The number of rotatable bonds is 2. The molecule has 0 spiro atoms. The molecule has 1 aliphatic rings. The number of hydrogen-bond donors (Lipinski definition) is 0. The first-order valence-corrected chi connectivity index (χ1v) is 4.10. The van der Waals surface area contributed by atoms with Crippen molar-refractivity contribution in [2.75, 3.05) is 20.1 Å². The predicted molar refractivity (Wildman–Crippen MR) is 42.3 cm³/mol. The minimum absolute atomic E-state index is 0.0784. The number of esters is 1. The van der Waals surface area contributed by atoms with E-state index in [0.717, 1.165) is 19.5 Å². The quantitative estimate of drug-likeness (QED) is 0.551. The van der Waals surface area contributed by atoms with Gasteiger partial charge in [-0.05, 0) is 13.5 Å². The Kier molecular flexibility index (Phi) is 2.88. The molecule has 0 aromatic carbocycles. The van der Waals surface area contributed by atoms with Gasteiger partial charge in [0.25, 0.3) is 0 Å². The largest absolute Gasteiger partial charge is 0.461 e. The predicted octanol–water partition coefficient (Wildman–Crippen LogP) is 0.644. The molecule has 1 atom stereocenters. The average molecular weight is 157 g/mol. The van der Waals surface area contributed by atoms with E-state index in [-0.39, 0.29) is 12.1 Å². The van der Waals surface area contributed by atoms with Gasteiger partial charge in [0.2, 0.25) is 0 Å². The van der Waals surface area contributed by atoms with Crippen molar-refractivity contribution in [1.29, 1.82) is 0 Å². The van der Waals surface area contributed by atoms with Gasteiger partial charge in [-0.1, -0.05) is 6.92 Å². The summed E-state index contributed by atoms with van der Waals surface area (Å²) in [4.78, 5) is 13.0. The lowest BCUT2D eigenvalue weighted by molar-refractivity contribution is -0.147. The molecule has 1 rings (SSSR count). The molecular weight excluding hydrogens is 142 g/mol. The van der Waals surface area contributed by atoms with Crippen LogP contribution in [0.2, 0.25) is 0 Å². The highest BCUT2D eigenvalue weighted by atomic mass is 16.5. The van der Waals surface area contributed by atoms with E-state index in [1.54, 1.807) is 0 Å².